The Labute approximate surface area is 164 Å². The molecule has 0 amide bonds. The molecule has 0 spiro atoms. The van der Waals surface area contributed by atoms with Crippen LogP contribution in [0.2, 0.25) is 0 Å². The molecule has 0 radical (unpaired) electrons. The number of benzene rings is 2. The number of nitrogens with zero attached hydrogens (tertiary/aromatic N) is 2. The summed E-state index contributed by atoms with van der Waals surface area (Å²) in [6.07, 6.45) is 3.73. The van der Waals surface area contributed by atoms with Crippen molar-refractivity contribution in [3.05, 3.63) is 82.9 Å². The molecule has 0 fully saturated rings. The minimum absolute atomic E-state index is 0. The van der Waals surface area contributed by atoms with Gasteiger partial charge in [0.25, 0.3) is 0 Å². The number of allylic oxidation sites excluding steroid dienone is 1. The maximum Gasteiger partial charge on any atom is 0.167 e. The molecule has 0 atom stereocenters. The lowest BCUT2D eigenvalue weighted by atomic mass is 9.88. The molecule has 2 aliphatic rings. The zero-order valence-electron chi connectivity index (χ0n) is 14.2. The van der Waals surface area contributed by atoms with E-state index in [2.05, 4.69) is 71.0 Å². The van der Waals surface area contributed by atoms with E-state index < -0.39 is 0 Å². The molecule has 2 heterocycles. The van der Waals surface area contributed by atoms with E-state index >= 15 is 0 Å². The van der Waals surface area contributed by atoms with Crippen LogP contribution >= 0.6 is 28.7 Å². The largest absolute Gasteiger partial charge is 0.323 e. The van der Waals surface area contributed by atoms with E-state index in [0.29, 0.717) is 0 Å². The highest BCUT2D eigenvalue weighted by atomic mass is 79.9. The van der Waals surface area contributed by atoms with Crippen molar-refractivity contribution in [3.8, 4) is 0 Å². The lowest BCUT2D eigenvalue weighted by Gasteiger charge is -2.30. The molecular formula is C21H23BrN2S. The Morgan fingerprint density at radius 1 is 0.840 bits per heavy atom. The Bertz CT molecular complexity index is 704. The Morgan fingerprint density at radius 2 is 1.48 bits per heavy atom. The minimum Gasteiger partial charge on any atom is -0.323 e. The lowest BCUT2D eigenvalue weighted by Crippen LogP contribution is -2.30. The summed E-state index contributed by atoms with van der Waals surface area (Å²) in [5.41, 5.74) is 4.07. The van der Waals surface area contributed by atoms with Crippen molar-refractivity contribution in [1.29, 1.82) is 0 Å². The highest BCUT2D eigenvalue weighted by Crippen LogP contribution is 2.40. The van der Waals surface area contributed by atoms with Gasteiger partial charge >= 0.3 is 0 Å². The molecule has 0 N–H and O–H groups in total. The molecule has 2 nitrogen and oxygen atoms in total. The Kier molecular flexibility index (Phi) is 6.38. The Morgan fingerprint density at radius 3 is 2.12 bits per heavy atom. The molecule has 4 rings (SSSR count). The summed E-state index contributed by atoms with van der Waals surface area (Å²) in [5, 5.41) is 3.50. The first-order valence-electron chi connectivity index (χ1n) is 8.72. The summed E-state index contributed by atoms with van der Waals surface area (Å²) in [5.74, 6) is 0.270. The first-order valence-corrected chi connectivity index (χ1v) is 9.60. The van der Waals surface area contributed by atoms with Crippen molar-refractivity contribution in [2.75, 3.05) is 13.1 Å². The van der Waals surface area contributed by atoms with Gasteiger partial charge in [0.1, 0.15) is 0 Å². The summed E-state index contributed by atoms with van der Waals surface area (Å²) in [6, 6.07) is 21.7. The van der Waals surface area contributed by atoms with Crippen LogP contribution < -0.4 is 0 Å². The molecule has 0 aromatic heterocycles. The van der Waals surface area contributed by atoms with Crippen molar-refractivity contribution in [3.63, 3.8) is 0 Å². The van der Waals surface area contributed by atoms with E-state index in [4.69, 9.17) is 4.99 Å². The fourth-order valence-corrected chi connectivity index (χ4v) is 4.46. The van der Waals surface area contributed by atoms with Crippen LogP contribution in [0.4, 0.5) is 0 Å². The lowest BCUT2D eigenvalue weighted by molar-refractivity contribution is 0.458. The van der Waals surface area contributed by atoms with Crippen LogP contribution in [-0.4, -0.2) is 23.2 Å². The summed E-state index contributed by atoms with van der Waals surface area (Å²) in [6.45, 7) is 2.04. The van der Waals surface area contributed by atoms with Gasteiger partial charge in [-0.2, -0.15) is 0 Å². The number of aliphatic imine (C=N–C) groups is 1. The summed E-state index contributed by atoms with van der Waals surface area (Å²) in [4.78, 5) is 7.27. The number of hydrogen-bond donors (Lipinski definition) is 0. The average molecular weight is 415 g/mol. The number of rotatable bonds is 3. The highest BCUT2D eigenvalue weighted by molar-refractivity contribution is 8.93. The molecule has 0 saturated carbocycles. The summed E-state index contributed by atoms with van der Waals surface area (Å²) >= 11 is 1.79. The number of thioether (sulfide) groups is 1. The average Bonchev–Trinajstić information content (AvgIpc) is 2.98. The van der Waals surface area contributed by atoms with Crippen molar-refractivity contribution in [1.82, 2.24) is 4.90 Å². The normalized spacial score (nSPS) is 19.2. The molecular weight excluding hydrogens is 392 g/mol. The van der Waals surface area contributed by atoms with Crippen LogP contribution in [0.15, 0.2) is 76.8 Å². The van der Waals surface area contributed by atoms with Gasteiger partial charge in [-0.3, -0.25) is 4.99 Å². The fourth-order valence-electron chi connectivity index (χ4n) is 3.48. The van der Waals surface area contributed by atoms with Crippen molar-refractivity contribution >= 4 is 33.9 Å². The molecule has 0 unspecified atom stereocenters. The quantitative estimate of drug-likeness (QED) is 0.627. The third-order valence-electron chi connectivity index (χ3n) is 4.68. The van der Waals surface area contributed by atoms with Crippen molar-refractivity contribution in [2.45, 2.75) is 25.2 Å². The number of fused-ring (bicyclic) bond motifs is 1. The zero-order chi connectivity index (χ0) is 16.2. The molecule has 4 heteroatoms. The smallest absolute Gasteiger partial charge is 0.167 e. The second kappa shape index (κ2) is 8.72. The van der Waals surface area contributed by atoms with E-state index in [1.807, 2.05) is 0 Å². The van der Waals surface area contributed by atoms with Gasteiger partial charge in [-0.05, 0) is 35.8 Å². The zero-order valence-corrected chi connectivity index (χ0v) is 16.7. The SMILES string of the molecule is Br.C1=C(C(c2ccccc2)c2ccccc2)N2CCCCC/N=C\2S1. The summed E-state index contributed by atoms with van der Waals surface area (Å²) in [7, 11) is 0. The van der Waals surface area contributed by atoms with E-state index in [9.17, 15) is 0 Å². The van der Waals surface area contributed by atoms with E-state index in [1.165, 1.54) is 41.3 Å². The van der Waals surface area contributed by atoms with Gasteiger partial charge in [-0.15, -0.1) is 17.0 Å². The van der Waals surface area contributed by atoms with Gasteiger partial charge in [0.05, 0.1) is 0 Å². The predicted octanol–water partition coefficient (Wildman–Crippen LogP) is 5.83. The van der Waals surface area contributed by atoms with Gasteiger partial charge in [-0.25, -0.2) is 0 Å². The van der Waals surface area contributed by atoms with E-state index in [-0.39, 0.29) is 22.9 Å². The molecule has 0 aliphatic carbocycles. The first kappa shape index (κ1) is 18.3. The standard InChI is InChI=1S/C21H22N2S.BrH/c1-4-10-17(11-5-1)20(18-12-6-2-7-13-18)19-16-24-21-22-14-8-3-9-15-23(19)21;/h1-2,4-7,10-13,16,20H,3,8-9,14-15H2;1H/b22-21+;. The maximum atomic E-state index is 4.82. The molecule has 130 valence electrons. The van der Waals surface area contributed by atoms with Crippen molar-refractivity contribution in [2.24, 2.45) is 4.99 Å². The number of hydrogen-bond acceptors (Lipinski definition) is 3. The molecule has 25 heavy (non-hydrogen) atoms. The summed E-state index contributed by atoms with van der Waals surface area (Å²) < 4.78 is 0. The van der Waals surface area contributed by atoms with Gasteiger partial charge in [0.2, 0.25) is 0 Å². The van der Waals surface area contributed by atoms with Crippen LogP contribution in [-0.2, 0) is 0 Å². The molecule has 2 aliphatic heterocycles. The second-order valence-corrected chi connectivity index (χ2v) is 7.13. The van der Waals surface area contributed by atoms with Crippen LogP contribution in [0, 0.1) is 0 Å². The molecule has 2 aromatic carbocycles. The highest BCUT2D eigenvalue weighted by Gasteiger charge is 2.30. The molecule has 0 bridgehead atoms. The molecule has 2 aromatic rings. The Hall–Kier alpha value is -1.52. The third kappa shape index (κ3) is 4.01. The van der Waals surface area contributed by atoms with Crippen LogP contribution in [0.25, 0.3) is 0 Å². The first-order chi connectivity index (χ1) is 11.9. The topological polar surface area (TPSA) is 15.6 Å². The Balaban J connectivity index is 0.00000182. The van der Waals surface area contributed by atoms with Gasteiger partial charge in [0, 0.05) is 24.7 Å². The van der Waals surface area contributed by atoms with Crippen molar-refractivity contribution < 1.29 is 0 Å². The third-order valence-corrected chi connectivity index (χ3v) is 5.60. The van der Waals surface area contributed by atoms with Crippen LogP contribution in [0.1, 0.15) is 36.3 Å². The number of amidine groups is 1. The maximum absolute atomic E-state index is 4.82. The number of halogens is 1. The predicted molar refractivity (Wildman–Crippen MR) is 114 cm³/mol. The molecule has 0 saturated heterocycles. The van der Waals surface area contributed by atoms with Gasteiger partial charge < -0.3 is 4.90 Å². The van der Waals surface area contributed by atoms with Gasteiger partial charge in [-0.1, -0.05) is 72.4 Å². The van der Waals surface area contributed by atoms with Crippen LogP contribution in [0.5, 0.6) is 0 Å². The van der Waals surface area contributed by atoms with E-state index in [1.54, 1.807) is 11.8 Å². The fraction of sp³-hybridized carbons (Fsp3) is 0.286. The van der Waals surface area contributed by atoms with Gasteiger partial charge in [0.15, 0.2) is 5.17 Å². The van der Waals surface area contributed by atoms with Crippen LogP contribution in [0.3, 0.4) is 0 Å². The minimum atomic E-state index is 0. The monoisotopic (exact) mass is 414 g/mol. The van der Waals surface area contributed by atoms with E-state index in [0.717, 1.165) is 13.1 Å². The second-order valence-electron chi connectivity index (χ2n) is 6.29.